The van der Waals surface area contributed by atoms with E-state index in [0.29, 0.717) is 18.7 Å². The van der Waals surface area contributed by atoms with Crippen LogP contribution in [0.5, 0.6) is 0 Å². The number of aromatic nitrogens is 2. The Balaban J connectivity index is 1.56. The van der Waals surface area contributed by atoms with Gasteiger partial charge in [0.25, 0.3) is 0 Å². The summed E-state index contributed by atoms with van der Waals surface area (Å²) in [6, 6.07) is 12.5. The molecule has 0 aliphatic rings. The minimum Gasteiger partial charge on any atom is -0.480 e. The first-order valence-electron chi connectivity index (χ1n) is 9.11. The third kappa shape index (κ3) is 4.90. The molecule has 0 unspecified atom stereocenters. The SMILES string of the molecule is Cc1oc(-c2ccccc2)nc1CC[C@H]([OH2+])C#CC[C@@H](C(=O)O)n1cccc1. The van der Waals surface area contributed by atoms with Gasteiger partial charge in [0.2, 0.25) is 12.0 Å². The molecule has 1 aromatic carbocycles. The average molecular weight is 379 g/mol. The molecule has 3 N–H and O–H groups in total. The summed E-state index contributed by atoms with van der Waals surface area (Å²) in [6.07, 6.45) is 4.07. The first-order chi connectivity index (χ1) is 13.5. The van der Waals surface area contributed by atoms with Crippen molar-refractivity contribution in [1.82, 2.24) is 9.55 Å². The van der Waals surface area contributed by atoms with E-state index in [0.717, 1.165) is 17.0 Å². The molecule has 0 radical (unpaired) electrons. The number of benzene rings is 1. The Morgan fingerprint density at radius 1 is 1.25 bits per heavy atom. The van der Waals surface area contributed by atoms with Gasteiger partial charge in [0.1, 0.15) is 11.8 Å². The van der Waals surface area contributed by atoms with Crippen molar-refractivity contribution in [1.29, 1.82) is 0 Å². The van der Waals surface area contributed by atoms with Crippen LogP contribution in [0.2, 0.25) is 0 Å². The summed E-state index contributed by atoms with van der Waals surface area (Å²) in [4.78, 5) is 15.9. The average Bonchev–Trinajstić information content (AvgIpc) is 3.34. The lowest BCUT2D eigenvalue weighted by molar-refractivity contribution is -0.140. The van der Waals surface area contributed by atoms with E-state index in [1.807, 2.05) is 37.3 Å². The van der Waals surface area contributed by atoms with E-state index in [-0.39, 0.29) is 6.42 Å². The molecule has 2 atom stereocenters. The Hall–Kier alpha value is -3.30. The van der Waals surface area contributed by atoms with E-state index in [2.05, 4.69) is 16.8 Å². The minimum atomic E-state index is -0.932. The second-order valence-corrected chi connectivity index (χ2v) is 6.49. The highest BCUT2D eigenvalue weighted by Crippen LogP contribution is 2.22. The van der Waals surface area contributed by atoms with Crippen LogP contribution < -0.4 is 0 Å². The van der Waals surface area contributed by atoms with Crippen LogP contribution >= 0.6 is 0 Å². The van der Waals surface area contributed by atoms with Gasteiger partial charge in [-0.15, -0.1) is 0 Å². The lowest BCUT2D eigenvalue weighted by atomic mass is 10.1. The van der Waals surface area contributed by atoms with Gasteiger partial charge in [-0.1, -0.05) is 24.1 Å². The van der Waals surface area contributed by atoms with Gasteiger partial charge in [-0.2, -0.15) is 0 Å². The summed E-state index contributed by atoms with van der Waals surface area (Å²) in [5, 5.41) is 17.4. The third-order valence-corrected chi connectivity index (χ3v) is 4.43. The Bertz CT molecular complexity index is 965. The predicted molar refractivity (Wildman–Crippen MR) is 106 cm³/mol. The number of rotatable bonds is 7. The molecule has 28 heavy (non-hydrogen) atoms. The van der Waals surface area contributed by atoms with E-state index in [9.17, 15) is 9.90 Å². The van der Waals surface area contributed by atoms with Gasteiger partial charge in [0, 0.05) is 37.2 Å². The number of carboxylic acids is 1. The second kappa shape index (κ2) is 9.07. The number of carboxylic acid groups (broad SMARTS) is 1. The number of aliphatic carboxylic acids is 1. The molecule has 2 aromatic heterocycles. The number of hydrogen-bond donors (Lipinski definition) is 1. The smallest absolute Gasteiger partial charge is 0.327 e. The maximum absolute atomic E-state index is 11.4. The van der Waals surface area contributed by atoms with Gasteiger partial charge in [0.05, 0.1) is 5.69 Å². The summed E-state index contributed by atoms with van der Waals surface area (Å²) in [7, 11) is 0. The van der Waals surface area contributed by atoms with Gasteiger partial charge in [-0.05, 0) is 37.1 Å². The zero-order valence-corrected chi connectivity index (χ0v) is 15.6. The zero-order valence-electron chi connectivity index (χ0n) is 15.6. The Labute approximate surface area is 163 Å². The van der Waals surface area contributed by atoms with Crippen molar-refractivity contribution in [3.63, 3.8) is 0 Å². The summed E-state index contributed by atoms with van der Waals surface area (Å²) in [5.41, 5.74) is 1.75. The largest absolute Gasteiger partial charge is 0.480 e. The first kappa shape index (κ1) is 19.5. The highest BCUT2D eigenvalue weighted by Gasteiger charge is 2.17. The molecule has 0 bridgehead atoms. The van der Waals surface area contributed by atoms with Gasteiger partial charge in [-0.25, -0.2) is 9.78 Å². The monoisotopic (exact) mass is 379 g/mol. The van der Waals surface area contributed by atoms with Crippen LogP contribution in [0.3, 0.4) is 0 Å². The Morgan fingerprint density at radius 3 is 2.64 bits per heavy atom. The molecule has 6 heteroatoms. The molecule has 0 amide bonds. The first-order valence-corrected chi connectivity index (χ1v) is 9.11. The number of carbonyl (C=O) groups is 1. The number of hydrogen-bond acceptors (Lipinski definition) is 3. The molecular weight excluding hydrogens is 356 g/mol. The lowest BCUT2D eigenvalue weighted by Gasteiger charge is -2.10. The molecule has 2 heterocycles. The molecule has 0 aliphatic carbocycles. The summed E-state index contributed by atoms with van der Waals surface area (Å²) in [6.45, 7) is 1.87. The zero-order chi connectivity index (χ0) is 19.9. The number of oxazole rings is 1. The molecule has 0 spiro atoms. The van der Waals surface area contributed by atoms with Crippen LogP contribution in [0.4, 0.5) is 0 Å². The van der Waals surface area contributed by atoms with Gasteiger partial charge >= 0.3 is 5.97 Å². The van der Waals surface area contributed by atoms with E-state index in [1.54, 1.807) is 29.1 Å². The molecule has 0 fully saturated rings. The van der Waals surface area contributed by atoms with Gasteiger partial charge in [0.15, 0.2) is 0 Å². The molecule has 3 aromatic rings. The Morgan fingerprint density at radius 2 is 1.96 bits per heavy atom. The fourth-order valence-electron chi connectivity index (χ4n) is 2.87. The maximum Gasteiger partial charge on any atom is 0.327 e. The lowest BCUT2D eigenvalue weighted by Crippen LogP contribution is -2.17. The number of aryl methyl sites for hydroxylation is 2. The van der Waals surface area contributed by atoms with Crippen LogP contribution in [0.25, 0.3) is 11.5 Å². The quantitative estimate of drug-likeness (QED) is 0.504. The van der Waals surface area contributed by atoms with E-state index in [4.69, 9.17) is 9.52 Å². The fraction of sp³-hybridized carbons (Fsp3) is 0.273. The standard InChI is InChI=1S/C22H22N2O4/c1-16-19(23-21(28-16)17-8-3-2-4-9-17)13-12-18(25)10-7-11-20(22(26)27)24-14-5-6-15-24/h2-6,8-9,14-15,18,20,25H,11-13H2,1H3,(H,26,27)/p+1/t18-,20+/m1/s1. The highest BCUT2D eigenvalue weighted by molar-refractivity contribution is 5.72. The summed E-state index contributed by atoms with van der Waals surface area (Å²) >= 11 is 0. The van der Waals surface area contributed by atoms with Crippen LogP contribution in [0.15, 0.2) is 59.3 Å². The van der Waals surface area contributed by atoms with Gasteiger partial charge in [-0.3, -0.25) is 0 Å². The third-order valence-electron chi connectivity index (χ3n) is 4.43. The highest BCUT2D eigenvalue weighted by atomic mass is 16.4. The molecular formula is C22H23N2O4+. The Kier molecular flexibility index (Phi) is 6.30. The molecule has 3 rings (SSSR count). The van der Waals surface area contributed by atoms with Crippen LogP contribution in [0.1, 0.15) is 30.3 Å². The molecule has 0 saturated heterocycles. The number of nitrogens with zero attached hydrogens (tertiary/aromatic N) is 2. The molecule has 144 valence electrons. The molecule has 6 nitrogen and oxygen atoms in total. The van der Waals surface area contributed by atoms with Gasteiger partial charge < -0.3 is 19.2 Å². The van der Waals surface area contributed by atoms with Crippen molar-refractivity contribution in [2.75, 3.05) is 0 Å². The van der Waals surface area contributed by atoms with E-state index < -0.39 is 18.1 Å². The molecule has 0 aliphatic heterocycles. The topological polar surface area (TPSA) is 91.2 Å². The van der Waals surface area contributed by atoms with Crippen molar-refractivity contribution in [2.24, 2.45) is 0 Å². The van der Waals surface area contributed by atoms with Crippen LogP contribution in [-0.4, -0.2) is 31.8 Å². The normalized spacial score (nSPS) is 12.8. The van der Waals surface area contributed by atoms with Crippen molar-refractivity contribution < 1.29 is 19.4 Å². The molecule has 0 saturated carbocycles. The van der Waals surface area contributed by atoms with Crippen molar-refractivity contribution in [3.05, 3.63) is 66.3 Å². The van der Waals surface area contributed by atoms with Crippen molar-refractivity contribution >= 4 is 5.97 Å². The van der Waals surface area contributed by atoms with Crippen LogP contribution in [-0.2, 0) is 11.2 Å². The van der Waals surface area contributed by atoms with Crippen LogP contribution in [0, 0.1) is 18.8 Å². The minimum absolute atomic E-state index is 0.167. The van der Waals surface area contributed by atoms with Crippen molar-refractivity contribution in [3.8, 4) is 23.3 Å². The maximum atomic E-state index is 11.4. The summed E-state index contributed by atoms with van der Waals surface area (Å²) in [5.74, 6) is 6.09. The van der Waals surface area contributed by atoms with E-state index in [1.165, 1.54) is 0 Å². The van der Waals surface area contributed by atoms with E-state index >= 15 is 0 Å². The summed E-state index contributed by atoms with van der Waals surface area (Å²) < 4.78 is 7.35. The fourth-order valence-corrected chi connectivity index (χ4v) is 2.87. The predicted octanol–water partition coefficient (Wildman–Crippen LogP) is 3.20. The second-order valence-electron chi connectivity index (χ2n) is 6.49. The van der Waals surface area contributed by atoms with Crippen molar-refractivity contribution in [2.45, 2.75) is 38.3 Å².